The van der Waals surface area contributed by atoms with Crippen molar-refractivity contribution in [2.24, 2.45) is 0 Å². The average Bonchev–Trinajstić information content (AvgIpc) is 3.94. The van der Waals surface area contributed by atoms with E-state index < -0.39 is 0 Å². The third-order valence-electron chi connectivity index (χ3n) is 12.8. The molecule has 0 radical (unpaired) electrons. The van der Waals surface area contributed by atoms with Crippen molar-refractivity contribution in [2.45, 2.75) is 0 Å². The number of fused-ring (bicyclic) bond motifs is 6. The summed E-state index contributed by atoms with van der Waals surface area (Å²) in [5.74, 6) is 2.38. The first-order valence-corrected chi connectivity index (χ1v) is 22.8. The van der Waals surface area contributed by atoms with Crippen LogP contribution in [0, 0.1) is 0 Å². The lowest BCUT2D eigenvalue weighted by Gasteiger charge is -2.17. The summed E-state index contributed by atoms with van der Waals surface area (Å²) in [6, 6.07) is 82.2. The van der Waals surface area contributed by atoms with E-state index in [9.17, 15) is 0 Å². The van der Waals surface area contributed by atoms with Crippen LogP contribution in [0.25, 0.3) is 123 Å². The Kier molecular flexibility index (Phi) is 9.35. The number of hydrogen-bond acceptors (Lipinski definition) is 5. The van der Waals surface area contributed by atoms with Gasteiger partial charge in [-0.1, -0.05) is 182 Å². The monoisotopic (exact) mass is 869 g/mol. The second kappa shape index (κ2) is 16.3. The molecule has 0 spiro atoms. The van der Waals surface area contributed by atoms with E-state index in [-0.39, 0.29) is 0 Å². The maximum Gasteiger partial charge on any atom is 0.164 e. The van der Waals surface area contributed by atoms with Gasteiger partial charge in [0.2, 0.25) is 0 Å². The number of para-hydroxylation sites is 3. The summed E-state index contributed by atoms with van der Waals surface area (Å²) in [5, 5.41) is 4.74. The van der Waals surface area contributed by atoms with Crippen LogP contribution in [0.4, 0.5) is 0 Å². The van der Waals surface area contributed by atoms with E-state index in [0.29, 0.717) is 23.3 Å². The maximum atomic E-state index is 5.44. The first kappa shape index (κ1) is 39.1. The van der Waals surface area contributed by atoms with Gasteiger partial charge in [0.25, 0.3) is 0 Å². The van der Waals surface area contributed by atoms with Crippen molar-refractivity contribution in [1.82, 2.24) is 34.1 Å². The summed E-state index contributed by atoms with van der Waals surface area (Å²) >= 11 is 0. The summed E-state index contributed by atoms with van der Waals surface area (Å²) in [7, 11) is 0. The van der Waals surface area contributed by atoms with Gasteiger partial charge in [-0.05, 0) is 54.6 Å². The molecule has 9 aromatic carbocycles. The molecular formula is C61H39N7. The molecule has 0 aliphatic heterocycles. The van der Waals surface area contributed by atoms with Crippen molar-refractivity contribution >= 4 is 43.6 Å². The van der Waals surface area contributed by atoms with E-state index in [2.05, 4.69) is 149 Å². The normalized spacial score (nSPS) is 11.5. The second-order valence-corrected chi connectivity index (χ2v) is 16.9. The average molecular weight is 870 g/mol. The summed E-state index contributed by atoms with van der Waals surface area (Å²) < 4.78 is 4.78. The van der Waals surface area contributed by atoms with Gasteiger partial charge in [-0.2, -0.15) is 0 Å². The zero-order chi connectivity index (χ0) is 45.0. The molecular weight excluding hydrogens is 831 g/mol. The highest BCUT2D eigenvalue weighted by Crippen LogP contribution is 2.41. The SMILES string of the molecule is c1ccc(-c2cc(-c3cc(-c4nc(-c5ccccc5)nc(-c5ccccc5)n4)ccc3-n3c4ccccc4c4ccc(-n5c6ccccc6c6ccccc65)cc43)nc(-c3ccccc3)n2)cc1. The third kappa shape index (κ3) is 6.72. The molecule has 0 fully saturated rings. The molecule has 0 unspecified atom stereocenters. The van der Waals surface area contributed by atoms with E-state index in [0.717, 1.165) is 89.0 Å². The van der Waals surface area contributed by atoms with Crippen LogP contribution in [-0.2, 0) is 0 Å². The Balaban J connectivity index is 1.11. The minimum absolute atomic E-state index is 0.557. The van der Waals surface area contributed by atoms with Crippen LogP contribution in [0.3, 0.4) is 0 Å². The van der Waals surface area contributed by atoms with Gasteiger partial charge in [-0.25, -0.2) is 24.9 Å². The molecule has 0 aliphatic carbocycles. The molecule has 4 heterocycles. The highest BCUT2D eigenvalue weighted by Gasteiger charge is 2.22. The van der Waals surface area contributed by atoms with E-state index in [1.165, 1.54) is 10.8 Å². The van der Waals surface area contributed by atoms with E-state index in [1.54, 1.807) is 0 Å². The Morgan fingerprint density at radius 3 is 1.19 bits per heavy atom. The molecule has 0 saturated heterocycles. The topological polar surface area (TPSA) is 74.3 Å². The lowest BCUT2D eigenvalue weighted by molar-refractivity contribution is 1.07. The molecule has 0 saturated carbocycles. The van der Waals surface area contributed by atoms with Gasteiger partial charge >= 0.3 is 0 Å². The summed E-state index contributed by atoms with van der Waals surface area (Å²) in [4.78, 5) is 26.0. The lowest BCUT2D eigenvalue weighted by Crippen LogP contribution is -2.03. The third-order valence-corrected chi connectivity index (χ3v) is 12.8. The molecule has 0 atom stereocenters. The van der Waals surface area contributed by atoms with Crippen molar-refractivity contribution in [3.63, 3.8) is 0 Å². The molecule has 0 bridgehead atoms. The standard InChI is InChI=1S/C61H39N7/c1-5-19-40(20-6-1)51-39-52(63-58(62-51)41-21-7-2-8-22-41)50-37-44(61-65-59(42-23-9-3-10-24-42)64-60(66-61)43-25-11-4-12-26-43)33-36-56(50)68-55-32-18-15-29-48(55)49-35-34-45(38-57(49)68)67-53-30-16-13-27-46(53)47-28-14-17-31-54(47)67/h1-39H. The quantitative estimate of drug-likeness (QED) is 0.152. The van der Waals surface area contributed by atoms with Crippen molar-refractivity contribution in [3.8, 4) is 79.4 Å². The van der Waals surface area contributed by atoms with Crippen LogP contribution in [0.1, 0.15) is 0 Å². The summed E-state index contributed by atoms with van der Waals surface area (Å²) in [6.07, 6.45) is 0. The molecule has 68 heavy (non-hydrogen) atoms. The zero-order valence-electron chi connectivity index (χ0n) is 36.6. The zero-order valence-corrected chi connectivity index (χ0v) is 36.6. The number of nitrogens with zero attached hydrogens (tertiary/aromatic N) is 7. The molecule has 0 aliphatic rings. The van der Waals surface area contributed by atoms with E-state index in [4.69, 9.17) is 24.9 Å². The number of hydrogen-bond donors (Lipinski definition) is 0. The fourth-order valence-electron chi connectivity index (χ4n) is 9.63. The Hall–Kier alpha value is -9.33. The summed E-state index contributed by atoms with van der Waals surface area (Å²) in [5.41, 5.74) is 13.5. The highest BCUT2D eigenvalue weighted by atomic mass is 15.0. The molecule has 13 aromatic rings. The van der Waals surface area contributed by atoms with Gasteiger partial charge in [0.15, 0.2) is 23.3 Å². The van der Waals surface area contributed by atoms with Crippen LogP contribution in [0.15, 0.2) is 237 Å². The maximum absolute atomic E-state index is 5.44. The van der Waals surface area contributed by atoms with Crippen LogP contribution < -0.4 is 0 Å². The Labute approximate surface area is 392 Å². The molecule has 0 amide bonds. The van der Waals surface area contributed by atoms with Crippen LogP contribution in [0.2, 0.25) is 0 Å². The van der Waals surface area contributed by atoms with Crippen molar-refractivity contribution in [2.75, 3.05) is 0 Å². The first-order chi connectivity index (χ1) is 33.7. The minimum Gasteiger partial charge on any atom is -0.309 e. The van der Waals surface area contributed by atoms with Crippen molar-refractivity contribution in [1.29, 1.82) is 0 Å². The number of benzene rings is 9. The summed E-state index contributed by atoms with van der Waals surface area (Å²) in [6.45, 7) is 0. The highest BCUT2D eigenvalue weighted by molar-refractivity contribution is 6.12. The van der Waals surface area contributed by atoms with E-state index in [1.807, 2.05) is 97.1 Å². The predicted octanol–water partition coefficient (Wildman–Crippen LogP) is 14.9. The molecule has 7 nitrogen and oxygen atoms in total. The number of aromatic nitrogens is 7. The van der Waals surface area contributed by atoms with Crippen LogP contribution in [0.5, 0.6) is 0 Å². The van der Waals surface area contributed by atoms with Gasteiger partial charge in [0.05, 0.1) is 39.1 Å². The molecule has 7 heteroatoms. The van der Waals surface area contributed by atoms with Gasteiger partial charge in [-0.3, -0.25) is 0 Å². The Bertz CT molecular complexity index is 3840. The van der Waals surface area contributed by atoms with Crippen molar-refractivity contribution < 1.29 is 0 Å². The predicted molar refractivity (Wildman–Crippen MR) is 277 cm³/mol. The Morgan fingerprint density at radius 1 is 0.250 bits per heavy atom. The number of rotatable bonds is 8. The Morgan fingerprint density at radius 2 is 0.662 bits per heavy atom. The molecule has 4 aromatic heterocycles. The van der Waals surface area contributed by atoms with Gasteiger partial charge in [-0.15, -0.1) is 0 Å². The van der Waals surface area contributed by atoms with Crippen LogP contribution in [-0.4, -0.2) is 34.1 Å². The van der Waals surface area contributed by atoms with E-state index >= 15 is 0 Å². The van der Waals surface area contributed by atoms with Gasteiger partial charge in [0.1, 0.15) is 0 Å². The van der Waals surface area contributed by atoms with Crippen molar-refractivity contribution in [3.05, 3.63) is 237 Å². The molecule has 0 N–H and O–H groups in total. The molecule has 13 rings (SSSR count). The minimum atomic E-state index is 0.557. The lowest BCUT2D eigenvalue weighted by atomic mass is 10.0. The smallest absolute Gasteiger partial charge is 0.164 e. The second-order valence-electron chi connectivity index (χ2n) is 16.9. The van der Waals surface area contributed by atoms with Crippen LogP contribution >= 0.6 is 0 Å². The largest absolute Gasteiger partial charge is 0.309 e. The van der Waals surface area contributed by atoms with Gasteiger partial charge < -0.3 is 9.13 Å². The molecule has 318 valence electrons. The first-order valence-electron chi connectivity index (χ1n) is 22.8. The van der Waals surface area contributed by atoms with Gasteiger partial charge in [0, 0.05) is 60.6 Å². The fourth-order valence-corrected chi connectivity index (χ4v) is 9.63. The fraction of sp³-hybridized carbons (Fsp3) is 0.